The molecule has 1 aromatic rings. The SMILES string of the molecule is CCOC(=O)c1cc(C(=O)/C=C/N(C)C)[nH]n1. The fourth-order valence-corrected chi connectivity index (χ4v) is 1.06. The van der Waals surface area contributed by atoms with Gasteiger partial charge >= 0.3 is 5.97 Å². The molecule has 0 aliphatic rings. The van der Waals surface area contributed by atoms with Crippen molar-refractivity contribution in [2.45, 2.75) is 6.92 Å². The highest BCUT2D eigenvalue weighted by molar-refractivity contribution is 6.04. The second-order valence-electron chi connectivity index (χ2n) is 3.53. The van der Waals surface area contributed by atoms with Gasteiger partial charge in [0.1, 0.15) is 5.69 Å². The van der Waals surface area contributed by atoms with Gasteiger partial charge in [-0.05, 0) is 6.92 Å². The number of aromatic amines is 1. The van der Waals surface area contributed by atoms with Gasteiger partial charge < -0.3 is 9.64 Å². The standard InChI is InChI=1S/C11H15N3O3/c1-4-17-11(16)9-7-8(12-13-9)10(15)5-6-14(2)3/h5-7H,4H2,1-3H3,(H,12,13)/b6-5+. The Morgan fingerprint density at radius 1 is 1.53 bits per heavy atom. The topological polar surface area (TPSA) is 75.3 Å². The lowest BCUT2D eigenvalue weighted by molar-refractivity contribution is 0.0519. The van der Waals surface area contributed by atoms with E-state index in [1.165, 1.54) is 12.1 Å². The van der Waals surface area contributed by atoms with Crippen molar-refractivity contribution in [3.63, 3.8) is 0 Å². The van der Waals surface area contributed by atoms with Crippen molar-refractivity contribution in [1.82, 2.24) is 15.1 Å². The van der Waals surface area contributed by atoms with Gasteiger partial charge in [-0.2, -0.15) is 5.10 Å². The van der Waals surface area contributed by atoms with E-state index in [-0.39, 0.29) is 23.8 Å². The van der Waals surface area contributed by atoms with Gasteiger partial charge in [0.15, 0.2) is 5.69 Å². The number of ether oxygens (including phenoxy) is 1. The predicted octanol–water partition coefficient (Wildman–Crippen LogP) is 0.844. The number of nitrogens with one attached hydrogen (secondary N) is 1. The Bertz CT molecular complexity index is 435. The number of H-pyrrole nitrogens is 1. The number of esters is 1. The molecule has 0 amide bonds. The summed E-state index contributed by atoms with van der Waals surface area (Å²) in [6.07, 6.45) is 3.01. The van der Waals surface area contributed by atoms with Gasteiger partial charge in [0, 0.05) is 32.4 Å². The number of aromatic nitrogens is 2. The Morgan fingerprint density at radius 3 is 2.82 bits per heavy atom. The molecule has 6 heteroatoms. The second kappa shape index (κ2) is 5.83. The van der Waals surface area contributed by atoms with Crippen LogP contribution in [0.2, 0.25) is 0 Å². The van der Waals surface area contributed by atoms with Crippen LogP contribution in [-0.4, -0.2) is 47.6 Å². The molecule has 1 heterocycles. The third-order valence-electron chi connectivity index (χ3n) is 1.85. The molecule has 92 valence electrons. The average molecular weight is 237 g/mol. The zero-order valence-electron chi connectivity index (χ0n) is 10.1. The fraction of sp³-hybridized carbons (Fsp3) is 0.364. The first-order valence-corrected chi connectivity index (χ1v) is 5.16. The largest absolute Gasteiger partial charge is 0.461 e. The minimum absolute atomic E-state index is 0.105. The van der Waals surface area contributed by atoms with Crippen LogP contribution < -0.4 is 0 Å². The minimum Gasteiger partial charge on any atom is -0.461 e. The summed E-state index contributed by atoms with van der Waals surface area (Å²) in [5, 5.41) is 6.21. The highest BCUT2D eigenvalue weighted by Crippen LogP contribution is 2.03. The number of nitrogens with zero attached hydrogens (tertiary/aromatic N) is 2. The van der Waals surface area contributed by atoms with E-state index in [0.29, 0.717) is 0 Å². The van der Waals surface area contributed by atoms with E-state index >= 15 is 0 Å². The lowest BCUT2D eigenvalue weighted by atomic mass is 10.2. The van der Waals surface area contributed by atoms with E-state index < -0.39 is 5.97 Å². The summed E-state index contributed by atoms with van der Waals surface area (Å²) in [6.45, 7) is 1.98. The van der Waals surface area contributed by atoms with Gasteiger partial charge in [0.2, 0.25) is 5.78 Å². The maximum atomic E-state index is 11.6. The van der Waals surface area contributed by atoms with E-state index in [0.717, 1.165) is 0 Å². The molecule has 0 radical (unpaired) electrons. The third kappa shape index (κ3) is 3.75. The Labute approximate surface area is 99.3 Å². The van der Waals surface area contributed by atoms with Gasteiger partial charge in [0.05, 0.1) is 6.61 Å². The van der Waals surface area contributed by atoms with Crippen molar-refractivity contribution in [3.8, 4) is 0 Å². The number of carbonyl (C=O) groups is 2. The Hall–Kier alpha value is -2.11. The monoisotopic (exact) mass is 237 g/mol. The number of rotatable bonds is 5. The molecule has 0 aliphatic carbocycles. The van der Waals surface area contributed by atoms with Crippen molar-refractivity contribution < 1.29 is 14.3 Å². The van der Waals surface area contributed by atoms with Crippen molar-refractivity contribution in [2.24, 2.45) is 0 Å². The first kappa shape index (κ1) is 13.0. The van der Waals surface area contributed by atoms with Gasteiger partial charge in [0.25, 0.3) is 0 Å². The summed E-state index contributed by atoms with van der Waals surface area (Å²) in [5.41, 5.74) is 0.361. The molecule has 0 aliphatic heterocycles. The molecule has 1 rings (SSSR count). The number of ketones is 1. The van der Waals surface area contributed by atoms with Crippen LogP contribution in [0.25, 0.3) is 0 Å². The molecule has 0 spiro atoms. The summed E-state index contributed by atoms with van der Waals surface area (Å²) in [6, 6.07) is 1.38. The van der Waals surface area contributed by atoms with Crippen LogP contribution in [0.3, 0.4) is 0 Å². The Kier molecular flexibility index (Phi) is 4.45. The van der Waals surface area contributed by atoms with Crippen molar-refractivity contribution in [3.05, 3.63) is 29.7 Å². The second-order valence-corrected chi connectivity index (χ2v) is 3.53. The smallest absolute Gasteiger partial charge is 0.358 e. The van der Waals surface area contributed by atoms with Crippen molar-refractivity contribution >= 4 is 11.8 Å². The molecule has 0 saturated heterocycles. The molecule has 0 aromatic carbocycles. The fourth-order valence-electron chi connectivity index (χ4n) is 1.06. The van der Waals surface area contributed by atoms with E-state index in [2.05, 4.69) is 10.2 Å². The summed E-state index contributed by atoms with van der Waals surface area (Å²) >= 11 is 0. The lowest BCUT2D eigenvalue weighted by Gasteiger charge is -2.01. The number of hydrogen-bond donors (Lipinski definition) is 1. The lowest BCUT2D eigenvalue weighted by Crippen LogP contribution is -2.04. The highest BCUT2D eigenvalue weighted by Gasteiger charge is 2.13. The van der Waals surface area contributed by atoms with Crippen LogP contribution in [0.1, 0.15) is 27.9 Å². The van der Waals surface area contributed by atoms with Gasteiger partial charge in [-0.15, -0.1) is 0 Å². The van der Waals surface area contributed by atoms with Crippen molar-refractivity contribution in [2.75, 3.05) is 20.7 Å². The molecular weight excluding hydrogens is 222 g/mol. The highest BCUT2D eigenvalue weighted by atomic mass is 16.5. The molecule has 0 atom stereocenters. The Balaban J connectivity index is 2.74. The van der Waals surface area contributed by atoms with Gasteiger partial charge in [-0.25, -0.2) is 4.79 Å². The van der Waals surface area contributed by atoms with E-state index in [9.17, 15) is 9.59 Å². The van der Waals surface area contributed by atoms with E-state index in [4.69, 9.17) is 4.74 Å². The summed E-state index contributed by atoms with van der Waals surface area (Å²) in [7, 11) is 3.61. The molecule has 0 saturated carbocycles. The predicted molar refractivity (Wildman–Crippen MR) is 61.7 cm³/mol. The summed E-state index contributed by atoms with van der Waals surface area (Å²) in [4.78, 5) is 24.6. The van der Waals surface area contributed by atoms with Crippen LogP contribution in [0, 0.1) is 0 Å². The number of allylic oxidation sites excluding steroid dienone is 1. The quantitative estimate of drug-likeness (QED) is 0.466. The van der Waals surface area contributed by atoms with E-state index in [1.54, 1.807) is 32.1 Å². The number of carbonyl (C=O) groups excluding carboxylic acids is 2. The van der Waals surface area contributed by atoms with E-state index in [1.807, 2.05) is 0 Å². The molecule has 1 aromatic heterocycles. The summed E-state index contributed by atoms with van der Waals surface area (Å²) in [5.74, 6) is -0.791. The molecular formula is C11H15N3O3. The zero-order valence-corrected chi connectivity index (χ0v) is 10.1. The molecule has 0 bridgehead atoms. The third-order valence-corrected chi connectivity index (χ3v) is 1.85. The zero-order chi connectivity index (χ0) is 12.8. The Morgan fingerprint density at radius 2 is 2.24 bits per heavy atom. The van der Waals surface area contributed by atoms with Crippen LogP contribution in [-0.2, 0) is 4.74 Å². The molecule has 0 fully saturated rings. The van der Waals surface area contributed by atoms with Crippen LogP contribution in [0.5, 0.6) is 0 Å². The molecule has 0 unspecified atom stereocenters. The normalized spacial score (nSPS) is 10.5. The van der Waals surface area contributed by atoms with Crippen LogP contribution in [0.15, 0.2) is 18.3 Å². The van der Waals surface area contributed by atoms with Gasteiger partial charge in [-0.1, -0.05) is 0 Å². The van der Waals surface area contributed by atoms with Crippen LogP contribution in [0.4, 0.5) is 0 Å². The van der Waals surface area contributed by atoms with Crippen molar-refractivity contribution in [1.29, 1.82) is 0 Å². The first-order valence-electron chi connectivity index (χ1n) is 5.16. The van der Waals surface area contributed by atoms with Gasteiger partial charge in [-0.3, -0.25) is 9.89 Å². The summed E-state index contributed by atoms with van der Waals surface area (Å²) < 4.78 is 4.76. The molecule has 6 nitrogen and oxygen atoms in total. The van der Waals surface area contributed by atoms with Crippen LogP contribution >= 0.6 is 0 Å². The maximum Gasteiger partial charge on any atom is 0.358 e. The molecule has 1 N–H and O–H groups in total. The molecule has 17 heavy (non-hydrogen) atoms. The number of hydrogen-bond acceptors (Lipinski definition) is 5. The minimum atomic E-state index is -0.542. The first-order chi connectivity index (χ1) is 8.04. The average Bonchev–Trinajstić information content (AvgIpc) is 2.75. The maximum absolute atomic E-state index is 11.6.